The van der Waals surface area contributed by atoms with Gasteiger partial charge in [-0.15, -0.1) is 0 Å². The SMILES string of the molecule is O=C(Nc1cccc(-c2ccccc2F)c1)C1CCN([C@@H](O)c2ccccn2)CC1. The summed E-state index contributed by atoms with van der Waals surface area (Å²) in [6.45, 7) is 1.23. The molecule has 0 spiro atoms. The first-order valence-electron chi connectivity index (χ1n) is 10.1. The summed E-state index contributed by atoms with van der Waals surface area (Å²) in [4.78, 5) is 18.9. The molecule has 5 nitrogen and oxygen atoms in total. The second kappa shape index (κ2) is 9.15. The molecule has 2 N–H and O–H groups in total. The number of piperidine rings is 1. The Kier molecular flexibility index (Phi) is 6.16. The average molecular weight is 405 g/mol. The first-order valence-corrected chi connectivity index (χ1v) is 10.1. The van der Waals surface area contributed by atoms with E-state index in [2.05, 4.69) is 10.3 Å². The Morgan fingerprint density at radius 1 is 1.07 bits per heavy atom. The number of nitrogens with zero attached hydrogens (tertiary/aromatic N) is 2. The molecule has 0 radical (unpaired) electrons. The van der Waals surface area contributed by atoms with Gasteiger partial charge in [0.1, 0.15) is 5.82 Å². The van der Waals surface area contributed by atoms with Crippen LogP contribution in [0.2, 0.25) is 0 Å². The minimum atomic E-state index is -0.757. The fourth-order valence-corrected chi connectivity index (χ4v) is 3.83. The molecule has 6 heteroatoms. The van der Waals surface area contributed by atoms with E-state index in [4.69, 9.17) is 0 Å². The lowest BCUT2D eigenvalue weighted by Crippen LogP contribution is -2.40. The van der Waals surface area contributed by atoms with Crippen molar-refractivity contribution in [2.24, 2.45) is 5.92 Å². The molecular weight excluding hydrogens is 381 g/mol. The molecule has 3 aromatic rings. The van der Waals surface area contributed by atoms with Crippen LogP contribution in [0.5, 0.6) is 0 Å². The number of likely N-dealkylation sites (tertiary alicyclic amines) is 1. The van der Waals surface area contributed by atoms with Crippen LogP contribution in [0, 0.1) is 11.7 Å². The van der Waals surface area contributed by atoms with E-state index < -0.39 is 6.23 Å². The topological polar surface area (TPSA) is 65.5 Å². The summed E-state index contributed by atoms with van der Waals surface area (Å²) < 4.78 is 14.1. The van der Waals surface area contributed by atoms with Gasteiger partial charge in [0, 0.05) is 36.5 Å². The molecule has 1 saturated heterocycles. The van der Waals surface area contributed by atoms with Crippen LogP contribution < -0.4 is 5.32 Å². The molecule has 1 aliphatic rings. The minimum absolute atomic E-state index is 0.0485. The van der Waals surface area contributed by atoms with E-state index in [-0.39, 0.29) is 17.6 Å². The fraction of sp³-hybridized carbons (Fsp3) is 0.250. The first-order chi connectivity index (χ1) is 14.6. The van der Waals surface area contributed by atoms with Gasteiger partial charge in [-0.05, 0) is 48.7 Å². The van der Waals surface area contributed by atoms with Gasteiger partial charge in [0.25, 0.3) is 0 Å². The summed E-state index contributed by atoms with van der Waals surface area (Å²) in [6.07, 6.45) is 2.22. The van der Waals surface area contributed by atoms with Gasteiger partial charge in [0.05, 0.1) is 5.69 Å². The van der Waals surface area contributed by atoms with Crippen LogP contribution in [0.15, 0.2) is 72.9 Å². The van der Waals surface area contributed by atoms with Crippen LogP contribution >= 0.6 is 0 Å². The van der Waals surface area contributed by atoms with E-state index in [0.29, 0.717) is 42.9 Å². The minimum Gasteiger partial charge on any atom is -0.372 e. The van der Waals surface area contributed by atoms with Crippen LogP contribution in [0.4, 0.5) is 10.1 Å². The highest BCUT2D eigenvalue weighted by atomic mass is 19.1. The van der Waals surface area contributed by atoms with E-state index in [1.807, 2.05) is 35.2 Å². The monoisotopic (exact) mass is 405 g/mol. The second-order valence-corrected chi connectivity index (χ2v) is 7.49. The van der Waals surface area contributed by atoms with Crippen LogP contribution in [-0.2, 0) is 4.79 Å². The van der Waals surface area contributed by atoms with Crippen LogP contribution in [0.1, 0.15) is 24.8 Å². The molecule has 0 aliphatic carbocycles. The summed E-state index contributed by atoms with van der Waals surface area (Å²) in [5.74, 6) is -0.471. The highest BCUT2D eigenvalue weighted by molar-refractivity contribution is 5.93. The number of aliphatic hydroxyl groups excluding tert-OH is 1. The number of carbonyl (C=O) groups is 1. The zero-order valence-electron chi connectivity index (χ0n) is 16.5. The predicted octanol–water partition coefficient (Wildman–Crippen LogP) is 4.23. The second-order valence-electron chi connectivity index (χ2n) is 7.49. The number of aromatic nitrogens is 1. The Bertz CT molecular complexity index is 1000. The highest BCUT2D eigenvalue weighted by Crippen LogP contribution is 2.27. The largest absolute Gasteiger partial charge is 0.372 e. The van der Waals surface area contributed by atoms with Crippen LogP contribution in [0.25, 0.3) is 11.1 Å². The molecule has 1 aromatic heterocycles. The molecule has 1 atom stereocenters. The molecule has 30 heavy (non-hydrogen) atoms. The summed E-state index contributed by atoms with van der Waals surface area (Å²) in [7, 11) is 0. The normalized spacial score (nSPS) is 16.2. The van der Waals surface area contributed by atoms with Crippen molar-refractivity contribution >= 4 is 11.6 Å². The van der Waals surface area contributed by atoms with Crippen molar-refractivity contribution in [2.45, 2.75) is 19.1 Å². The zero-order valence-corrected chi connectivity index (χ0v) is 16.5. The maximum Gasteiger partial charge on any atom is 0.227 e. The number of carbonyl (C=O) groups excluding carboxylic acids is 1. The molecule has 2 heterocycles. The lowest BCUT2D eigenvalue weighted by molar-refractivity contribution is -0.122. The lowest BCUT2D eigenvalue weighted by atomic mass is 9.95. The molecule has 0 unspecified atom stereocenters. The Labute approximate surface area is 175 Å². The summed E-state index contributed by atoms with van der Waals surface area (Å²) >= 11 is 0. The van der Waals surface area contributed by atoms with Crippen LogP contribution in [-0.4, -0.2) is 34.0 Å². The molecule has 154 valence electrons. The number of amides is 1. The maximum atomic E-state index is 14.1. The lowest BCUT2D eigenvalue weighted by Gasteiger charge is -2.34. The first kappa shape index (κ1) is 20.2. The van der Waals surface area contributed by atoms with Crippen molar-refractivity contribution in [1.29, 1.82) is 0 Å². The Morgan fingerprint density at radius 3 is 2.57 bits per heavy atom. The van der Waals surface area contributed by atoms with Gasteiger partial charge >= 0.3 is 0 Å². The number of halogens is 1. The van der Waals surface area contributed by atoms with Gasteiger partial charge in [-0.2, -0.15) is 0 Å². The number of rotatable bonds is 5. The van der Waals surface area contributed by atoms with Crippen molar-refractivity contribution in [3.63, 3.8) is 0 Å². The third-order valence-electron chi connectivity index (χ3n) is 5.51. The number of pyridine rings is 1. The molecule has 2 aromatic carbocycles. The summed E-state index contributed by atoms with van der Waals surface area (Å²) in [5.41, 5.74) is 2.49. The zero-order chi connectivity index (χ0) is 20.9. The quantitative estimate of drug-likeness (QED) is 0.667. The van der Waals surface area contributed by atoms with E-state index >= 15 is 0 Å². The van der Waals surface area contributed by atoms with Gasteiger partial charge in [0.15, 0.2) is 6.23 Å². The van der Waals surface area contributed by atoms with Gasteiger partial charge in [-0.1, -0.05) is 36.4 Å². The van der Waals surface area contributed by atoms with E-state index in [9.17, 15) is 14.3 Å². The molecule has 1 fully saturated rings. The van der Waals surface area contributed by atoms with E-state index in [1.165, 1.54) is 6.07 Å². The van der Waals surface area contributed by atoms with Gasteiger partial charge in [-0.25, -0.2) is 4.39 Å². The number of hydrogen-bond acceptors (Lipinski definition) is 4. The predicted molar refractivity (Wildman–Crippen MR) is 114 cm³/mol. The van der Waals surface area contributed by atoms with Gasteiger partial charge in [-0.3, -0.25) is 14.7 Å². The van der Waals surface area contributed by atoms with E-state index in [1.54, 1.807) is 36.5 Å². The van der Waals surface area contributed by atoms with Crippen molar-refractivity contribution in [3.05, 3.63) is 84.4 Å². The van der Waals surface area contributed by atoms with Crippen molar-refractivity contribution in [2.75, 3.05) is 18.4 Å². The molecule has 0 saturated carbocycles. The van der Waals surface area contributed by atoms with Gasteiger partial charge < -0.3 is 10.4 Å². The van der Waals surface area contributed by atoms with Crippen molar-refractivity contribution in [3.8, 4) is 11.1 Å². The van der Waals surface area contributed by atoms with E-state index in [0.717, 1.165) is 5.56 Å². The molecule has 4 rings (SSSR count). The maximum absolute atomic E-state index is 14.1. The highest BCUT2D eigenvalue weighted by Gasteiger charge is 2.29. The number of nitrogens with one attached hydrogen (secondary N) is 1. The Morgan fingerprint density at radius 2 is 1.83 bits per heavy atom. The summed E-state index contributed by atoms with van der Waals surface area (Å²) in [6, 6.07) is 19.3. The van der Waals surface area contributed by atoms with Crippen LogP contribution in [0.3, 0.4) is 0 Å². The number of anilines is 1. The average Bonchev–Trinajstić information content (AvgIpc) is 2.80. The Balaban J connectivity index is 1.36. The van der Waals surface area contributed by atoms with Gasteiger partial charge in [0.2, 0.25) is 5.91 Å². The Hall–Kier alpha value is -3.09. The van der Waals surface area contributed by atoms with Crippen molar-refractivity contribution < 1.29 is 14.3 Å². The number of benzene rings is 2. The summed E-state index contributed by atoms with van der Waals surface area (Å²) in [5, 5.41) is 13.5. The standard InChI is InChI=1S/C24H24FN3O2/c25-21-9-2-1-8-20(21)18-6-5-7-19(16-18)27-23(29)17-11-14-28(15-12-17)24(30)22-10-3-4-13-26-22/h1-10,13,16-17,24,30H,11-12,14-15H2,(H,27,29)/t24-/m0/s1. The molecule has 1 aliphatic heterocycles. The smallest absolute Gasteiger partial charge is 0.227 e. The molecule has 1 amide bonds. The number of aliphatic hydroxyl groups is 1. The number of hydrogen-bond donors (Lipinski definition) is 2. The third-order valence-corrected chi connectivity index (χ3v) is 5.51. The third kappa shape index (κ3) is 4.56. The van der Waals surface area contributed by atoms with Crippen molar-refractivity contribution in [1.82, 2.24) is 9.88 Å². The molecular formula is C24H24FN3O2. The molecule has 0 bridgehead atoms. The fourth-order valence-electron chi connectivity index (χ4n) is 3.83.